The molecule has 2 atom stereocenters. The van der Waals surface area contributed by atoms with Crippen LogP contribution in [0.15, 0.2) is 0 Å². The maximum atomic E-state index is 5.36. The van der Waals surface area contributed by atoms with Gasteiger partial charge in [0.15, 0.2) is 0 Å². The summed E-state index contributed by atoms with van der Waals surface area (Å²) < 4.78 is 5.36. The van der Waals surface area contributed by atoms with Gasteiger partial charge in [-0.15, -0.1) is 0 Å². The fourth-order valence-corrected chi connectivity index (χ4v) is 2.16. The van der Waals surface area contributed by atoms with Crippen LogP contribution in [0.3, 0.4) is 0 Å². The zero-order chi connectivity index (χ0) is 10.4. The quantitative estimate of drug-likeness (QED) is 0.719. The number of morpholine rings is 1. The van der Waals surface area contributed by atoms with E-state index >= 15 is 0 Å². The van der Waals surface area contributed by atoms with Gasteiger partial charge < -0.3 is 10.1 Å². The molecular formula is C11H24N2O. The Kier molecular flexibility index (Phi) is 5.45. The van der Waals surface area contributed by atoms with E-state index in [4.69, 9.17) is 4.74 Å². The molecule has 0 aromatic rings. The molecule has 0 aliphatic carbocycles. The van der Waals surface area contributed by atoms with Crippen LogP contribution in [0.2, 0.25) is 0 Å². The second-order valence-electron chi connectivity index (χ2n) is 3.96. The highest BCUT2D eigenvalue weighted by Gasteiger charge is 2.22. The van der Waals surface area contributed by atoms with Gasteiger partial charge in [0, 0.05) is 25.2 Å². The van der Waals surface area contributed by atoms with Gasteiger partial charge in [0.2, 0.25) is 0 Å². The summed E-state index contributed by atoms with van der Waals surface area (Å²) in [4.78, 5) is 2.53. The van der Waals surface area contributed by atoms with Crippen LogP contribution < -0.4 is 5.32 Å². The third kappa shape index (κ3) is 3.23. The van der Waals surface area contributed by atoms with Gasteiger partial charge in [0.05, 0.1) is 13.2 Å². The normalized spacial score (nSPS) is 23.4. The van der Waals surface area contributed by atoms with E-state index in [-0.39, 0.29) is 0 Å². The van der Waals surface area contributed by atoms with Gasteiger partial charge in [-0.25, -0.2) is 0 Å². The molecule has 1 N–H and O–H groups in total. The number of hydrogen-bond donors (Lipinski definition) is 1. The van der Waals surface area contributed by atoms with E-state index in [0.29, 0.717) is 12.1 Å². The van der Waals surface area contributed by atoms with Crippen molar-refractivity contribution in [2.24, 2.45) is 0 Å². The Morgan fingerprint density at radius 1 is 1.29 bits per heavy atom. The molecule has 1 fully saturated rings. The minimum Gasteiger partial charge on any atom is -0.379 e. The van der Waals surface area contributed by atoms with Gasteiger partial charge in [-0.3, -0.25) is 4.90 Å². The molecule has 1 heterocycles. The lowest BCUT2D eigenvalue weighted by Crippen LogP contribution is -2.51. The highest BCUT2D eigenvalue weighted by atomic mass is 16.5. The fourth-order valence-electron chi connectivity index (χ4n) is 2.16. The number of likely N-dealkylation sites (N-methyl/N-ethyl adjacent to an activating group) is 1. The van der Waals surface area contributed by atoms with Gasteiger partial charge >= 0.3 is 0 Å². The smallest absolute Gasteiger partial charge is 0.0594 e. The number of hydrogen-bond acceptors (Lipinski definition) is 3. The van der Waals surface area contributed by atoms with E-state index in [1.54, 1.807) is 0 Å². The Bertz CT molecular complexity index is 141. The highest BCUT2D eigenvalue weighted by molar-refractivity contribution is 4.81. The van der Waals surface area contributed by atoms with Crippen LogP contribution >= 0.6 is 0 Å². The predicted octanol–water partition coefficient (Wildman–Crippen LogP) is 1.10. The number of nitrogens with one attached hydrogen (secondary N) is 1. The monoisotopic (exact) mass is 200 g/mol. The number of ether oxygens (including phenoxy) is 1. The molecule has 0 spiro atoms. The van der Waals surface area contributed by atoms with Crippen LogP contribution in [0.1, 0.15) is 27.2 Å². The largest absolute Gasteiger partial charge is 0.379 e. The van der Waals surface area contributed by atoms with Crippen LogP contribution in [0.25, 0.3) is 0 Å². The minimum absolute atomic E-state index is 0.623. The first-order valence-electron chi connectivity index (χ1n) is 5.84. The third-order valence-electron chi connectivity index (χ3n) is 3.11. The van der Waals surface area contributed by atoms with Crippen LogP contribution in [0.5, 0.6) is 0 Å². The van der Waals surface area contributed by atoms with Crippen molar-refractivity contribution in [1.29, 1.82) is 0 Å². The summed E-state index contributed by atoms with van der Waals surface area (Å²) in [6.45, 7) is 11.8. The lowest BCUT2D eigenvalue weighted by atomic mass is 10.1. The van der Waals surface area contributed by atoms with Crippen molar-refractivity contribution < 1.29 is 4.74 Å². The zero-order valence-electron chi connectivity index (χ0n) is 9.75. The van der Waals surface area contributed by atoms with Crippen LogP contribution in [-0.4, -0.2) is 49.8 Å². The zero-order valence-corrected chi connectivity index (χ0v) is 9.75. The van der Waals surface area contributed by atoms with Crippen molar-refractivity contribution in [1.82, 2.24) is 10.2 Å². The van der Waals surface area contributed by atoms with Crippen LogP contribution in [0.4, 0.5) is 0 Å². The SMILES string of the molecule is CCNC(CC)C(C)N1CCOCC1. The topological polar surface area (TPSA) is 24.5 Å². The van der Waals surface area contributed by atoms with Crippen molar-refractivity contribution in [2.75, 3.05) is 32.8 Å². The molecule has 0 bridgehead atoms. The average Bonchev–Trinajstić information content (AvgIpc) is 2.26. The summed E-state index contributed by atoms with van der Waals surface area (Å²) in [6.07, 6.45) is 1.20. The summed E-state index contributed by atoms with van der Waals surface area (Å²) in [5, 5.41) is 3.55. The summed E-state index contributed by atoms with van der Waals surface area (Å²) in [5.74, 6) is 0. The Balaban J connectivity index is 2.38. The molecule has 0 aromatic heterocycles. The first kappa shape index (κ1) is 12.0. The molecule has 0 amide bonds. The van der Waals surface area contributed by atoms with Gasteiger partial charge in [-0.2, -0.15) is 0 Å². The Morgan fingerprint density at radius 2 is 1.93 bits per heavy atom. The van der Waals surface area contributed by atoms with E-state index in [0.717, 1.165) is 32.8 Å². The van der Waals surface area contributed by atoms with E-state index in [9.17, 15) is 0 Å². The van der Waals surface area contributed by atoms with E-state index < -0.39 is 0 Å². The Labute approximate surface area is 87.8 Å². The van der Waals surface area contributed by atoms with Gasteiger partial charge in [-0.05, 0) is 19.9 Å². The molecule has 1 aliphatic rings. The molecule has 0 aromatic carbocycles. The Hall–Kier alpha value is -0.120. The van der Waals surface area contributed by atoms with E-state index in [2.05, 4.69) is 31.0 Å². The molecule has 3 heteroatoms. The number of rotatable bonds is 5. The van der Waals surface area contributed by atoms with Crippen LogP contribution in [0, 0.1) is 0 Å². The van der Waals surface area contributed by atoms with Crippen LogP contribution in [-0.2, 0) is 4.74 Å². The summed E-state index contributed by atoms with van der Waals surface area (Å²) in [7, 11) is 0. The van der Waals surface area contributed by atoms with Gasteiger partial charge in [0.25, 0.3) is 0 Å². The predicted molar refractivity (Wildman–Crippen MR) is 59.6 cm³/mol. The minimum atomic E-state index is 0.623. The fraction of sp³-hybridized carbons (Fsp3) is 1.00. The molecule has 1 aliphatic heterocycles. The summed E-state index contributed by atoms with van der Waals surface area (Å²) >= 11 is 0. The maximum Gasteiger partial charge on any atom is 0.0594 e. The van der Waals surface area contributed by atoms with Gasteiger partial charge in [-0.1, -0.05) is 13.8 Å². The maximum absolute atomic E-state index is 5.36. The average molecular weight is 200 g/mol. The standard InChI is InChI=1S/C11H24N2O/c1-4-11(12-5-2)10(3)13-6-8-14-9-7-13/h10-12H,4-9H2,1-3H3. The molecule has 14 heavy (non-hydrogen) atoms. The van der Waals surface area contributed by atoms with Crippen molar-refractivity contribution in [2.45, 2.75) is 39.3 Å². The molecular weight excluding hydrogens is 176 g/mol. The molecule has 0 saturated carbocycles. The highest BCUT2D eigenvalue weighted by Crippen LogP contribution is 2.09. The summed E-state index contributed by atoms with van der Waals surface area (Å²) in [6, 6.07) is 1.25. The summed E-state index contributed by atoms with van der Waals surface area (Å²) in [5.41, 5.74) is 0. The lowest BCUT2D eigenvalue weighted by molar-refractivity contribution is 0.0121. The Morgan fingerprint density at radius 3 is 2.43 bits per heavy atom. The van der Waals surface area contributed by atoms with E-state index in [1.165, 1.54) is 6.42 Å². The lowest BCUT2D eigenvalue weighted by Gasteiger charge is -2.37. The molecule has 2 unspecified atom stereocenters. The van der Waals surface area contributed by atoms with Crippen molar-refractivity contribution in [3.63, 3.8) is 0 Å². The second kappa shape index (κ2) is 6.38. The first-order valence-corrected chi connectivity index (χ1v) is 5.84. The first-order chi connectivity index (χ1) is 6.79. The van der Waals surface area contributed by atoms with E-state index in [1.807, 2.05) is 0 Å². The molecule has 3 nitrogen and oxygen atoms in total. The van der Waals surface area contributed by atoms with Crippen molar-refractivity contribution in [3.8, 4) is 0 Å². The number of nitrogens with zero attached hydrogens (tertiary/aromatic N) is 1. The molecule has 0 radical (unpaired) electrons. The molecule has 84 valence electrons. The van der Waals surface area contributed by atoms with Crippen molar-refractivity contribution in [3.05, 3.63) is 0 Å². The third-order valence-corrected chi connectivity index (χ3v) is 3.11. The second-order valence-corrected chi connectivity index (χ2v) is 3.96. The van der Waals surface area contributed by atoms with Gasteiger partial charge in [0.1, 0.15) is 0 Å². The van der Waals surface area contributed by atoms with Crippen molar-refractivity contribution >= 4 is 0 Å². The molecule has 1 saturated heterocycles. The molecule has 1 rings (SSSR count).